The number of hydrazine groups is 1. The summed E-state index contributed by atoms with van der Waals surface area (Å²) in [5, 5.41) is 22.5. The molecule has 6 atom stereocenters. The third-order valence-electron chi connectivity index (χ3n) is 11.7. The van der Waals surface area contributed by atoms with Crippen molar-refractivity contribution in [3.8, 4) is 17.2 Å². The highest BCUT2D eigenvalue weighted by atomic mass is 35.5. The van der Waals surface area contributed by atoms with Crippen LogP contribution in [0.15, 0.2) is 84.6 Å². The summed E-state index contributed by atoms with van der Waals surface area (Å²) < 4.78 is 52.2. The molecule has 1 saturated carbocycles. The first-order valence-corrected chi connectivity index (χ1v) is 18.7. The standard InChI is InChI=1S/C40H30Cl2F3N5O9/c1-58-29-14-23(51)15-30(59-2)32(29)33-24-11-12-25-31(37(54)48(35(25)52)21-7-9-22(10-8-21)50(56)57)26(24)16-27-36(53)49(38(55)39(27,33)18-3-5-20(41)6-4-18)47-34-28(42)13-19(17-46-34)40(43,44)45/h3-11,13-15,17,25-27,31,33,51H,12,16H2,1-2H3,(H,46,47)/t25-,26+,27-,31-,33+,39+/m0/s1. The molecule has 4 aromatic rings. The minimum atomic E-state index is -4.80. The number of non-ortho nitro benzene ring substituents is 1. The maximum absolute atomic E-state index is 15.5. The molecule has 0 unspecified atom stereocenters. The van der Waals surface area contributed by atoms with Crippen molar-refractivity contribution in [2.24, 2.45) is 23.7 Å². The van der Waals surface area contributed by atoms with E-state index >= 15 is 4.79 Å². The third-order valence-corrected chi connectivity index (χ3v) is 12.2. The molecule has 0 bridgehead atoms. The minimum Gasteiger partial charge on any atom is -0.508 e. The van der Waals surface area contributed by atoms with Gasteiger partial charge >= 0.3 is 6.18 Å². The summed E-state index contributed by atoms with van der Waals surface area (Å²) in [5.74, 6) is -8.99. The molecule has 3 fully saturated rings. The number of hydrogen-bond donors (Lipinski definition) is 2. The molecule has 19 heteroatoms. The van der Waals surface area contributed by atoms with E-state index in [4.69, 9.17) is 32.7 Å². The van der Waals surface area contributed by atoms with Gasteiger partial charge in [-0.2, -0.15) is 18.2 Å². The van der Waals surface area contributed by atoms with Crippen LogP contribution in [0.4, 0.5) is 30.4 Å². The molecule has 0 spiro atoms. The summed E-state index contributed by atoms with van der Waals surface area (Å²) in [7, 11) is 2.65. The topological polar surface area (TPSA) is 182 Å². The number of alkyl halides is 3. The summed E-state index contributed by atoms with van der Waals surface area (Å²) in [6.07, 6.45) is -2.72. The van der Waals surface area contributed by atoms with E-state index in [9.17, 15) is 42.8 Å². The number of anilines is 2. The van der Waals surface area contributed by atoms with Crippen LogP contribution < -0.4 is 19.8 Å². The number of halogens is 5. The summed E-state index contributed by atoms with van der Waals surface area (Å²) in [5.41, 5.74) is 0.287. The van der Waals surface area contributed by atoms with E-state index in [2.05, 4.69) is 10.4 Å². The number of allylic oxidation sites excluding steroid dienone is 2. The average molecular weight is 853 g/mol. The fourth-order valence-electron chi connectivity index (χ4n) is 9.28. The molecule has 3 aromatic carbocycles. The molecule has 2 aliphatic carbocycles. The molecule has 2 aliphatic heterocycles. The van der Waals surface area contributed by atoms with Crippen molar-refractivity contribution in [1.82, 2.24) is 9.99 Å². The molecule has 4 amide bonds. The lowest BCUT2D eigenvalue weighted by Crippen LogP contribution is -2.53. The highest BCUT2D eigenvalue weighted by molar-refractivity contribution is 6.33. The number of nitro groups is 1. The molecule has 2 saturated heterocycles. The van der Waals surface area contributed by atoms with Gasteiger partial charge in [-0.05, 0) is 54.7 Å². The number of phenolic OH excluding ortho intramolecular Hbond substituents is 1. The van der Waals surface area contributed by atoms with Crippen molar-refractivity contribution in [2.45, 2.75) is 30.4 Å². The highest BCUT2D eigenvalue weighted by Gasteiger charge is 2.71. The lowest BCUT2D eigenvalue weighted by Gasteiger charge is -2.51. The number of ether oxygens (including phenoxy) is 2. The van der Waals surface area contributed by atoms with Crippen LogP contribution in [0, 0.1) is 33.8 Å². The Bertz CT molecular complexity index is 2480. The molecule has 3 heterocycles. The molecule has 59 heavy (non-hydrogen) atoms. The maximum atomic E-state index is 15.5. The van der Waals surface area contributed by atoms with E-state index in [0.717, 1.165) is 4.90 Å². The van der Waals surface area contributed by atoms with Crippen molar-refractivity contribution in [2.75, 3.05) is 24.5 Å². The van der Waals surface area contributed by atoms with Gasteiger partial charge in [0.25, 0.3) is 17.5 Å². The van der Waals surface area contributed by atoms with Gasteiger partial charge in [0.2, 0.25) is 11.8 Å². The molecule has 4 aliphatic rings. The molecule has 14 nitrogen and oxygen atoms in total. The number of fused-ring (bicyclic) bond motifs is 4. The van der Waals surface area contributed by atoms with E-state index in [-0.39, 0.29) is 52.6 Å². The number of pyridine rings is 1. The number of amides is 4. The molecule has 8 rings (SSSR count). The maximum Gasteiger partial charge on any atom is 0.417 e. The fourth-order valence-corrected chi connectivity index (χ4v) is 9.62. The average Bonchev–Trinajstić information content (AvgIpc) is 3.58. The van der Waals surface area contributed by atoms with Gasteiger partial charge in [-0.3, -0.25) is 39.6 Å². The second kappa shape index (κ2) is 14.3. The number of methoxy groups -OCH3 is 2. The Morgan fingerprint density at radius 3 is 2.15 bits per heavy atom. The number of carbonyl (C=O) groups excluding carboxylic acids is 4. The third kappa shape index (κ3) is 6.04. The van der Waals surface area contributed by atoms with Gasteiger partial charge in [0.15, 0.2) is 5.82 Å². The van der Waals surface area contributed by atoms with Crippen molar-refractivity contribution >= 4 is 64.0 Å². The van der Waals surface area contributed by atoms with Gasteiger partial charge in [0.05, 0.1) is 58.6 Å². The SMILES string of the molecule is COc1cc(O)cc(OC)c1[C@H]1C2=CC[C@@H]3C(=O)N(c4ccc([N+](=O)[O-])cc4)C(=O)[C@@H]3[C@@H]2C[C@H]2C(=O)N(Nc3ncc(C(F)(F)F)cc3Cl)C(=O)[C@@]12c1ccc(Cl)cc1. The second-order valence-electron chi connectivity index (χ2n) is 14.5. The van der Waals surface area contributed by atoms with Crippen LogP contribution in [-0.4, -0.2) is 57.9 Å². The number of aromatic nitrogens is 1. The first-order valence-electron chi connectivity index (χ1n) is 17.9. The van der Waals surface area contributed by atoms with Crippen LogP contribution in [0.1, 0.15) is 35.4 Å². The Balaban J connectivity index is 1.34. The quantitative estimate of drug-likeness (QED) is 0.0790. The fraction of sp³-hybridized carbons (Fsp3) is 0.275. The van der Waals surface area contributed by atoms with Crippen molar-refractivity contribution in [3.63, 3.8) is 0 Å². The zero-order valence-corrected chi connectivity index (χ0v) is 32.2. The second-order valence-corrected chi connectivity index (χ2v) is 15.3. The van der Waals surface area contributed by atoms with Gasteiger partial charge < -0.3 is 14.6 Å². The van der Waals surface area contributed by atoms with E-state index in [0.29, 0.717) is 27.9 Å². The number of carbonyl (C=O) groups is 4. The lowest BCUT2D eigenvalue weighted by atomic mass is 9.49. The largest absolute Gasteiger partial charge is 0.508 e. The van der Waals surface area contributed by atoms with Crippen LogP contribution in [0.5, 0.6) is 17.2 Å². The van der Waals surface area contributed by atoms with Gasteiger partial charge in [0, 0.05) is 47.0 Å². The van der Waals surface area contributed by atoms with Crippen LogP contribution in [0.2, 0.25) is 10.0 Å². The van der Waals surface area contributed by atoms with Gasteiger partial charge in [-0.25, -0.2) is 4.98 Å². The van der Waals surface area contributed by atoms with Crippen LogP contribution >= 0.6 is 23.2 Å². The zero-order chi connectivity index (χ0) is 42.3. The Morgan fingerprint density at radius 1 is 0.932 bits per heavy atom. The highest BCUT2D eigenvalue weighted by Crippen LogP contribution is 2.66. The summed E-state index contributed by atoms with van der Waals surface area (Å²) >= 11 is 12.6. The zero-order valence-electron chi connectivity index (χ0n) is 30.7. The number of nitro benzene ring substituents is 1. The van der Waals surface area contributed by atoms with E-state index in [1.807, 2.05) is 0 Å². The summed E-state index contributed by atoms with van der Waals surface area (Å²) in [4.78, 5) is 74.7. The predicted octanol–water partition coefficient (Wildman–Crippen LogP) is 7.23. The number of aromatic hydroxyl groups is 1. The first-order chi connectivity index (χ1) is 28.0. The van der Waals surface area contributed by atoms with E-state index < -0.39 is 86.1 Å². The molecular weight excluding hydrogens is 822 g/mol. The number of hydrogen-bond acceptors (Lipinski definition) is 11. The van der Waals surface area contributed by atoms with Crippen LogP contribution in [-0.2, 0) is 30.8 Å². The number of phenols is 1. The Morgan fingerprint density at radius 2 is 1.58 bits per heavy atom. The summed E-state index contributed by atoms with van der Waals surface area (Å²) in [6.45, 7) is 0. The Labute approximate surface area is 342 Å². The normalized spacial score (nSPS) is 25.0. The number of imide groups is 2. The molecule has 2 N–H and O–H groups in total. The molecule has 304 valence electrons. The van der Waals surface area contributed by atoms with Gasteiger partial charge in [-0.1, -0.05) is 47.0 Å². The van der Waals surface area contributed by atoms with Crippen molar-refractivity contribution < 1.29 is 51.9 Å². The van der Waals surface area contributed by atoms with Gasteiger partial charge in [0.1, 0.15) is 17.2 Å². The Kier molecular flexibility index (Phi) is 9.58. The van der Waals surface area contributed by atoms with Crippen molar-refractivity contribution in [3.05, 3.63) is 121 Å². The lowest BCUT2D eigenvalue weighted by molar-refractivity contribution is -0.384. The monoisotopic (exact) mass is 851 g/mol. The van der Waals surface area contributed by atoms with Gasteiger partial charge in [-0.15, -0.1) is 0 Å². The summed E-state index contributed by atoms with van der Waals surface area (Å²) in [6, 6.07) is 14.3. The molecule has 0 radical (unpaired) electrons. The van der Waals surface area contributed by atoms with E-state index in [1.54, 1.807) is 18.2 Å². The number of nitrogens with one attached hydrogen (secondary N) is 1. The number of nitrogens with zero attached hydrogens (tertiary/aromatic N) is 4. The predicted molar refractivity (Wildman–Crippen MR) is 204 cm³/mol. The number of rotatable bonds is 8. The minimum absolute atomic E-state index is 0.0142. The molecular formula is C40H30Cl2F3N5O9. The molecule has 1 aromatic heterocycles. The Hall–Kier alpha value is -6.20. The van der Waals surface area contributed by atoms with Crippen LogP contribution in [0.25, 0.3) is 0 Å². The smallest absolute Gasteiger partial charge is 0.417 e. The first kappa shape index (κ1) is 39.6. The van der Waals surface area contributed by atoms with Crippen molar-refractivity contribution in [1.29, 1.82) is 0 Å². The van der Waals surface area contributed by atoms with Crippen LogP contribution in [0.3, 0.4) is 0 Å². The number of benzene rings is 3. The van der Waals surface area contributed by atoms with E-state index in [1.165, 1.54) is 62.8 Å².